The Morgan fingerprint density at radius 2 is 1.83 bits per heavy atom. The number of rotatable bonds is 5. The Labute approximate surface area is 182 Å². The van der Waals surface area contributed by atoms with Crippen molar-refractivity contribution in [2.75, 3.05) is 18.1 Å². The average Bonchev–Trinajstić information content (AvgIpc) is 2.88. The van der Waals surface area contributed by atoms with Crippen molar-refractivity contribution < 1.29 is 13.2 Å². The molecule has 30 heavy (non-hydrogen) atoms. The Kier molecular flexibility index (Phi) is 5.80. The van der Waals surface area contributed by atoms with Crippen LogP contribution in [0.5, 0.6) is 5.75 Å². The molecule has 3 aromatic rings. The summed E-state index contributed by atoms with van der Waals surface area (Å²) < 4.78 is 31.4. The van der Waals surface area contributed by atoms with Crippen molar-refractivity contribution in [1.82, 2.24) is 0 Å². The number of hydrogen-bond donors (Lipinski definition) is 1. The molecule has 156 valence electrons. The van der Waals surface area contributed by atoms with Gasteiger partial charge in [-0.3, -0.25) is 4.72 Å². The van der Waals surface area contributed by atoms with E-state index in [0.717, 1.165) is 17.1 Å². The molecule has 0 radical (unpaired) electrons. The van der Waals surface area contributed by atoms with E-state index >= 15 is 0 Å². The van der Waals surface area contributed by atoms with E-state index in [0.29, 0.717) is 5.69 Å². The van der Waals surface area contributed by atoms with Gasteiger partial charge in [-0.1, -0.05) is 43.3 Å². The lowest BCUT2D eigenvalue weighted by Crippen LogP contribution is -2.13. The second kappa shape index (κ2) is 8.36. The molecule has 1 N–H and O–H groups in total. The molecule has 6 heteroatoms. The van der Waals surface area contributed by atoms with Crippen LogP contribution < -0.4 is 9.46 Å². The fraction of sp³-hybridized carbons (Fsp3) is 0.250. The molecule has 3 aromatic carbocycles. The highest BCUT2D eigenvalue weighted by Gasteiger charge is 2.29. The summed E-state index contributed by atoms with van der Waals surface area (Å²) in [6.45, 7) is 2.21. The van der Waals surface area contributed by atoms with Crippen LogP contribution in [0.1, 0.15) is 41.0 Å². The van der Waals surface area contributed by atoms with E-state index in [1.807, 2.05) is 30.0 Å². The van der Waals surface area contributed by atoms with Crippen molar-refractivity contribution in [2.24, 2.45) is 0 Å². The van der Waals surface area contributed by atoms with E-state index in [1.54, 1.807) is 13.2 Å². The normalized spacial score (nSPS) is 16.7. The van der Waals surface area contributed by atoms with Crippen LogP contribution in [0, 0.1) is 0 Å². The number of benzene rings is 3. The van der Waals surface area contributed by atoms with Crippen molar-refractivity contribution >= 4 is 27.5 Å². The second-order valence-corrected chi connectivity index (χ2v) is 10.4. The number of anilines is 1. The Balaban J connectivity index is 1.82. The van der Waals surface area contributed by atoms with E-state index in [4.69, 9.17) is 4.74 Å². The number of fused-ring (bicyclic) bond motifs is 2. The van der Waals surface area contributed by atoms with E-state index in [2.05, 4.69) is 54.1 Å². The zero-order valence-electron chi connectivity index (χ0n) is 17.3. The standard InChI is InChI=1S/C24H25NO3S2/c1-16(17-7-6-8-19(13-17)25-30(3,26)27)24-21-12-11-20(28-2)14-18(21)15-29-23-10-5-4-9-22(23)24/h4-14,16,24-25H,15H2,1-3H3. The molecule has 0 amide bonds. The summed E-state index contributed by atoms with van der Waals surface area (Å²) in [6.07, 6.45) is 1.17. The van der Waals surface area contributed by atoms with E-state index in [1.165, 1.54) is 27.8 Å². The number of sulfonamides is 1. The topological polar surface area (TPSA) is 55.4 Å². The molecule has 0 spiro atoms. The van der Waals surface area contributed by atoms with Crippen molar-refractivity contribution in [3.63, 3.8) is 0 Å². The molecule has 0 aromatic heterocycles. The van der Waals surface area contributed by atoms with Crippen LogP contribution in [-0.4, -0.2) is 21.8 Å². The molecular weight excluding hydrogens is 414 g/mol. The van der Waals surface area contributed by atoms with E-state index < -0.39 is 10.0 Å². The molecule has 1 aliphatic rings. The van der Waals surface area contributed by atoms with Gasteiger partial charge in [0.1, 0.15) is 5.75 Å². The van der Waals surface area contributed by atoms with Crippen LogP contribution in [0.25, 0.3) is 0 Å². The summed E-state index contributed by atoms with van der Waals surface area (Å²) in [5.41, 5.74) is 5.56. The fourth-order valence-corrected chi connectivity index (χ4v) is 5.81. The number of hydrogen-bond acceptors (Lipinski definition) is 4. The number of ether oxygens (including phenoxy) is 1. The van der Waals surface area contributed by atoms with Crippen molar-refractivity contribution in [3.05, 3.63) is 89.0 Å². The van der Waals surface area contributed by atoms with Crippen molar-refractivity contribution in [3.8, 4) is 5.75 Å². The molecule has 0 fully saturated rings. The van der Waals surface area contributed by atoms with Gasteiger partial charge in [-0.05, 0) is 58.5 Å². The summed E-state index contributed by atoms with van der Waals surface area (Å²) in [5.74, 6) is 2.07. The van der Waals surface area contributed by atoms with E-state index in [9.17, 15) is 8.42 Å². The summed E-state index contributed by atoms with van der Waals surface area (Å²) in [6, 6.07) is 22.6. The molecular formula is C24H25NO3S2. The van der Waals surface area contributed by atoms with Gasteiger partial charge in [-0.25, -0.2) is 8.42 Å². The maximum atomic E-state index is 11.7. The first kappa shape index (κ1) is 20.8. The first-order valence-corrected chi connectivity index (χ1v) is 12.7. The summed E-state index contributed by atoms with van der Waals surface area (Å²) in [5, 5.41) is 0. The molecule has 1 aliphatic heterocycles. The minimum atomic E-state index is -3.32. The molecule has 4 rings (SSSR count). The Morgan fingerprint density at radius 3 is 2.60 bits per heavy atom. The van der Waals surface area contributed by atoms with Crippen LogP contribution in [-0.2, 0) is 15.8 Å². The largest absolute Gasteiger partial charge is 0.497 e. The van der Waals surface area contributed by atoms with Gasteiger partial charge in [-0.15, -0.1) is 11.8 Å². The minimum absolute atomic E-state index is 0.151. The second-order valence-electron chi connectivity index (χ2n) is 7.66. The van der Waals surface area contributed by atoms with Crippen LogP contribution in [0.3, 0.4) is 0 Å². The van der Waals surface area contributed by atoms with Crippen LogP contribution in [0.2, 0.25) is 0 Å². The van der Waals surface area contributed by atoms with Gasteiger partial charge in [0.15, 0.2) is 0 Å². The quantitative estimate of drug-likeness (QED) is 0.562. The molecule has 2 unspecified atom stereocenters. The lowest BCUT2D eigenvalue weighted by Gasteiger charge is -2.27. The summed E-state index contributed by atoms with van der Waals surface area (Å²) in [7, 11) is -1.63. The summed E-state index contributed by atoms with van der Waals surface area (Å²) in [4.78, 5) is 1.29. The molecule has 0 saturated heterocycles. The zero-order valence-corrected chi connectivity index (χ0v) is 18.9. The Hall–Kier alpha value is -2.44. The highest BCUT2D eigenvalue weighted by Crippen LogP contribution is 2.47. The van der Waals surface area contributed by atoms with E-state index in [-0.39, 0.29) is 11.8 Å². The fourth-order valence-electron chi connectivity index (χ4n) is 4.16. The van der Waals surface area contributed by atoms with Gasteiger partial charge < -0.3 is 4.74 Å². The third-order valence-electron chi connectivity index (χ3n) is 5.54. The molecule has 0 saturated carbocycles. The molecule has 2 atom stereocenters. The first-order chi connectivity index (χ1) is 14.4. The molecule has 0 aliphatic carbocycles. The summed E-state index contributed by atoms with van der Waals surface area (Å²) >= 11 is 1.85. The predicted molar refractivity (Wildman–Crippen MR) is 124 cm³/mol. The van der Waals surface area contributed by atoms with Gasteiger partial charge >= 0.3 is 0 Å². The molecule has 1 heterocycles. The maximum Gasteiger partial charge on any atom is 0.229 e. The van der Waals surface area contributed by atoms with Gasteiger partial charge in [0.25, 0.3) is 0 Å². The number of nitrogens with one attached hydrogen (secondary N) is 1. The van der Waals surface area contributed by atoms with Gasteiger partial charge in [0, 0.05) is 22.3 Å². The smallest absolute Gasteiger partial charge is 0.229 e. The van der Waals surface area contributed by atoms with Crippen molar-refractivity contribution in [2.45, 2.75) is 29.4 Å². The third-order valence-corrected chi connectivity index (χ3v) is 7.28. The molecule has 4 nitrogen and oxygen atoms in total. The van der Waals surface area contributed by atoms with Crippen LogP contribution in [0.4, 0.5) is 5.69 Å². The lowest BCUT2D eigenvalue weighted by molar-refractivity contribution is 0.414. The maximum absolute atomic E-state index is 11.7. The highest BCUT2D eigenvalue weighted by molar-refractivity contribution is 7.98. The highest BCUT2D eigenvalue weighted by atomic mass is 32.2. The SMILES string of the molecule is COc1ccc2c(c1)CSc1ccccc1C2C(C)c1cccc(NS(C)(=O)=O)c1. The minimum Gasteiger partial charge on any atom is -0.497 e. The average molecular weight is 440 g/mol. The third kappa shape index (κ3) is 4.35. The van der Waals surface area contributed by atoms with Gasteiger partial charge in [-0.2, -0.15) is 0 Å². The van der Waals surface area contributed by atoms with Crippen molar-refractivity contribution in [1.29, 1.82) is 0 Å². The van der Waals surface area contributed by atoms with Gasteiger partial charge in [0.2, 0.25) is 10.0 Å². The first-order valence-electron chi connectivity index (χ1n) is 9.82. The zero-order chi connectivity index (χ0) is 21.3. The number of methoxy groups -OCH3 is 1. The predicted octanol–water partition coefficient (Wildman–Crippen LogP) is 5.61. The van der Waals surface area contributed by atoms with Crippen LogP contribution >= 0.6 is 11.8 Å². The van der Waals surface area contributed by atoms with Crippen LogP contribution in [0.15, 0.2) is 71.6 Å². The molecule has 0 bridgehead atoms. The Bertz CT molecular complexity index is 1170. The Morgan fingerprint density at radius 1 is 1.03 bits per heavy atom. The lowest BCUT2D eigenvalue weighted by atomic mass is 9.77. The van der Waals surface area contributed by atoms with Gasteiger partial charge in [0.05, 0.1) is 13.4 Å². The monoisotopic (exact) mass is 439 g/mol. The number of thioether (sulfide) groups is 1.